The van der Waals surface area contributed by atoms with Crippen LogP contribution in [0.1, 0.15) is 0 Å². The summed E-state index contributed by atoms with van der Waals surface area (Å²) in [5.74, 6) is 0. The van der Waals surface area contributed by atoms with Crippen molar-refractivity contribution in [3.8, 4) is 0 Å². The molecule has 30 valence electrons. The van der Waals surface area contributed by atoms with Crippen molar-refractivity contribution in [1.29, 1.82) is 0 Å². The lowest BCUT2D eigenvalue weighted by Crippen LogP contribution is -1.79. The van der Waals surface area contributed by atoms with Crippen molar-refractivity contribution in [2.75, 3.05) is 7.05 Å². The van der Waals surface area contributed by atoms with Crippen LogP contribution in [0.25, 0.3) is 0 Å². The van der Waals surface area contributed by atoms with Crippen molar-refractivity contribution < 1.29 is 4.92 Å². The highest BCUT2D eigenvalue weighted by Gasteiger charge is 1.57. The average molecular weight is 91.0 g/mol. The second-order valence-corrected chi connectivity index (χ2v) is 0.440. The van der Waals surface area contributed by atoms with Crippen molar-refractivity contribution in [3.05, 3.63) is 10.1 Å². The van der Waals surface area contributed by atoms with Gasteiger partial charge in [0.2, 0.25) is 0 Å². The van der Waals surface area contributed by atoms with E-state index in [1.54, 1.807) is 0 Å². The van der Waals surface area contributed by atoms with Gasteiger partial charge in [-0.1, -0.05) is 0 Å². The average Bonchev–Trinajstić information content (AvgIpc) is 0.811. The van der Waals surface area contributed by atoms with Gasteiger partial charge in [-0.2, -0.15) is 0 Å². The summed E-state index contributed by atoms with van der Waals surface area (Å²) in [5, 5.41) is 8.81. The highest BCUT2D eigenvalue weighted by molar-refractivity contribution is 5.75. The zero-order valence-corrected chi connectivity index (χ0v) is 2.26. The Hall–Kier alpha value is -0.0675. The van der Waals surface area contributed by atoms with Gasteiger partial charge >= 0.3 is 0 Å². The first kappa shape index (κ1) is 8.87. The van der Waals surface area contributed by atoms with Crippen LogP contribution in [0.3, 0.4) is 0 Å². The summed E-state index contributed by atoms with van der Waals surface area (Å²) < 4.78 is 0. The summed E-state index contributed by atoms with van der Waals surface area (Å²) in [6.07, 6.45) is 0. The molecule has 0 bridgehead atoms. The molecule has 0 aliphatic rings. The summed E-state index contributed by atoms with van der Waals surface area (Å²) in [5.41, 5.74) is 0. The number of hydrogen-bond acceptors (Lipinski definition) is 2. The maximum atomic E-state index is 8.81. The van der Waals surface area contributed by atoms with Gasteiger partial charge < -0.3 is 0 Å². The molecule has 0 radical (unpaired) electrons. The highest BCUT2D eigenvalue weighted by atomic mass is 27.0. The van der Waals surface area contributed by atoms with Gasteiger partial charge in [-0.15, -0.1) is 0 Å². The molecule has 0 N–H and O–H groups in total. The van der Waals surface area contributed by atoms with E-state index in [0.29, 0.717) is 0 Å². The van der Waals surface area contributed by atoms with Crippen molar-refractivity contribution in [1.82, 2.24) is 0 Å². The summed E-state index contributed by atoms with van der Waals surface area (Å²) in [7, 11) is 0.889. The molecule has 0 aliphatic heterocycles. The van der Waals surface area contributed by atoms with Gasteiger partial charge in [0.15, 0.2) is 24.4 Å². The number of hydrogen-bond donors (Lipinski definition) is 0. The highest BCUT2D eigenvalue weighted by Crippen LogP contribution is 1.39. The third kappa shape index (κ3) is 3220. The number of nitrogens with zero attached hydrogens (tertiary/aromatic N) is 1. The van der Waals surface area contributed by atoms with Crippen LogP contribution >= 0.6 is 0 Å². The molecule has 0 amide bonds. The lowest BCUT2D eigenvalue weighted by molar-refractivity contribution is -0.445. The fraction of sp³-hybridized carbons (Fsp3) is 1.00. The second kappa shape index (κ2) is 3.93. The molecule has 0 heterocycles. The Bertz CT molecular complexity index is 32.6. The maximum absolute atomic E-state index is 8.81. The predicted molar refractivity (Wildman–Crippen MR) is 22.9 cm³/mol. The Labute approximate surface area is 40.3 Å². The van der Waals surface area contributed by atoms with E-state index in [1.165, 1.54) is 0 Å². The van der Waals surface area contributed by atoms with Gasteiger partial charge in [-0.05, 0) is 0 Å². The Morgan fingerprint density at radius 1 is 1.80 bits per heavy atom. The van der Waals surface area contributed by atoms with Gasteiger partial charge in [0.1, 0.15) is 0 Å². The third-order valence-corrected chi connectivity index (χ3v) is 0. The van der Waals surface area contributed by atoms with Crippen LogP contribution in [0.5, 0.6) is 0 Å². The summed E-state index contributed by atoms with van der Waals surface area (Å²) in [4.78, 5) is 8.31. The Balaban J connectivity index is 0. The fourth-order valence-corrected chi connectivity index (χ4v) is 0. The van der Waals surface area contributed by atoms with Crippen LogP contribution in [0, 0.1) is 10.1 Å². The molecule has 3 nitrogen and oxygen atoms in total. The van der Waals surface area contributed by atoms with E-state index < -0.39 is 4.92 Å². The monoisotopic (exact) mass is 91.0 g/mol. The van der Waals surface area contributed by atoms with E-state index in [9.17, 15) is 0 Å². The second-order valence-electron chi connectivity index (χ2n) is 0.440. The van der Waals surface area contributed by atoms with E-state index >= 15 is 0 Å². The van der Waals surface area contributed by atoms with Crippen LogP contribution < -0.4 is 0 Å². The molecule has 0 saturated heterocycles. The Kier molecular flexibility index (Phi) is 6.98. The molecule has 0 spiro atoms. The number of nitro groups is 1. The molecule has 0 unspecified atom stereocenters. The first-order chi connectivity index (χ1) is 1.73. The summed E-state index contributed by atoms with van der Waals surface area (Å²) in [6, 6.07) is 0. The van der Waals surface area contributed by atoms with Gasteiger partial charge in [-0.25, -0.2) is 0 Å². The minimum absolute atomic E-state index is 0. The van der Waals surface area contributed by atoms with Gasteiger partial charge in [0.05, 0.1) is 0 Å². The van der Waals surface area contributed by atoms with Crippen molar-refractivity contribution in [2.45, 2.75) is 0 Å². The largest absolute Gasteiger partial charge is 0.265 e. The fourth-order valence-electron chi connectivity index (χ4n) is 0. The van der Waals surface area contributed by atoms with Crippen molar-refractivity contribution in [3.63, 3.8) is 0 Å². The minimum Gasteiger partial charge on any atom is -0.265 e. The Morgan fingerprint density at radius 3 is 1.80 bits per heavy atom. The molecule has 0 atom stereocenters. The zero-order chi connectivity index (χ0) is 3.58. The van der Waals surface area contributed by atoms with Gasteiger partial charge in [0.25, 0.3) is 0 Å². The van der Waals surface area contributed by atoms with Crippen LogP contribution in [0.15, 0.2) is 0 Å². The van der Waals surface area contributed by atoms with Crippen molar-refractivity contribution in [2.24, 2.45) is 0 Å². The lowest BCUT2D eigenvalue weighted by atomic mass is 11.5. The Morgan fingerprint density at radius 2 is 1.80 bits per heavy atom. The molecule has 4 heteroatoms. The predicted octanol–water partition coefficient (Wildman–Crippen LogP) is -1.29. The molecule has 0 aromatic carbocycles. The van der Waals surface area contributed by atoms with Gasteiger partial charge in [-0.3, -0.25) is 10.1 Å². The first-order valence-corrected chi connectivity index (χ1v) is 0.812. The van der Waals surface area contributed by atoms with Crippen LogP contribution in [0.4, 0.5) is 0 Å². The third-order valence-electron chi connectivity index (χ3n) is 0. The SMILES string of the molecule is C[N+](=O)[O-].[AlH3]. The van der Waals surface area contributed by atoms with Gasteiger partial charge in [0, 0.05) is 4.92 Å². The topological polar surface area (TPSA) is 43.1 Å². The first-order valence-electron chi connectivity index (χ1n) is 0.812. The van der Waals surface area contributed by atoms with Crippen LogP contribution in [-0.4, -0.2) is 29.3 Å². The van der Waals surface area contributed by atoms with Crippen LogP contribution in [0.2, 0.25) is 0 Å². The lowest BCUT2D eigenvalue weighted by Gasteiger charge is -1.63. The normalized spacial score (nSPS) is 5.00. The van der Waals surface area contributed by atoms with E-state index in [1.807, 2.05) is 0 Å². The summed E-state index contributed by atoms with van der Waals surface area (Å²) in [6.45, 7) is 0. The van der Waals surface area contributed by atoms with Crippen molar-refractivity contribution >= 4 is 17.4 Å². The molecule has 0 rings (SSSR count). The van der Waals surface area contributed by atoms with E-state index in [-0.39, 0.29) is 17.4 Å². The van der Waals surface area contributed by atoms with E-state index in [4.69, 9.17) is 10.1 Å². The molecular formula is CH6AlNO2. The van der Waals surface area contributed by atoms with Crippen LogP contribution in [-0.2, 0) is 0 Å². The minimum atomic E-state index is -0.500. The quantitative estimate of drug-likeness (QED) is 0.211. The van der Waals surface area contributed by atoms with E-state index in [0.717, 1.165) is 7.05 Å². The standard InChI is InChI=1S/CH3NO2.Al.3H/c1-2(3)4;;;;/h1H3;;;;. The number of rotatable bonds is 0. The maximum Gasteiger partial charge on any atom is 0.194 e. The molecule has 0 fully saturated rings. The molecule has 0 saturated carbocycles. The molecule has 0 aromatic rings. The molecule has 5 heavy (non-hydrogen) atoms. The molecule has 0 aliphatic carbocycles. The smallest absolute Gasteiger partial charge is 0.194 e. The molecule has 0 aromatic heterocycles. The summed E-state index contributed by atoms with van der Waals surface area (Å²) >= 11 is 0. The zero-order valence-electron chi connectivity index (χ0n) is 2.26. The molecular weight excluding hydrogens is 85.0 g/mol. The van der Waals surface area contributed by atoms with E-state index in [2.05, 4.69) is 0 Å².